The van der Waals surface area contributed by atoms with Gasteiger partial charge in [-0.3, -0.25) is 38.9 Å². The molecule has 0 radical (unpaired) electrons. The van der Waals surface area contributed by atoms with Crippen LogP contribution in [0.4, 0.5) is 5.69 Å². The summed E-state index contributed by atoms with van der Waals surface area (Å²) in [6.07, 6.45) is 1.67. The van der Waals surface area contributed by atoms with Gasteiger partial charge in [-0.25, -0.2) is 0 Å². The van der Waals surface area contributed by atoms with Crippen molar-refractivity contribution in [2.75, 3.05) is 51.5 Å². The first kappa shape index (κ1) is 27.9. The average Bonchev–Trinajstić information content (AvgIpc) is 3.48. The molecule has 39 heavy (non-hydrogen) atoms. The number of piperidine rings is 1. The lowest BCUT2D eigenvalue weighted by Gasteiger charge is -2.27. The smallest absolute Gasteiger partial charge is 0.266 e. The second kappa shape index (κ2) is 13.1. The van der Waals surface area contributed by atoms with Crippen LogP contribution in [0.2, 0.25) is 0 Å². The molecule has 1 aromatic heterocycles. The molecule has 0 bridgehead atoms. The van der Waals surface area contributed by atoms with Crippen LogP contribution in [-0.4, -0.2) is 96.4 Å². The van der Waals surface area contributed by atoms with Crippen LogP contribution in [0.3, 0.4) is 0 Å². The highest BCUT2D eigenvalue weighted by Crippen LogP contribution is 2.32. The first-order valence-electron chi connectivity index (χ1n) is 12.5. The third-order valence-electron chi connectivity index (χ3n) is 6.19. The maximum atomic E-state index is 13.1. The molecule has 0 spiro atoms. The van der Waals surface area contributed by atoms with E-state index >= 15 is 0 Å². The molecule has 14 heteroatoms. The van der Waals surface area contributed by atoms with Crippen LogP contribution >= 0.6 is 0 Å². The number of imide groups is 2. The quantitative estimate of drug-likeness (QED) is 0.197. The molecule has 1 fully saturated rings. The van der Waals surface area contributed by atoms with Crippen molar-refractivity contribution < 1.29 is 38.2 Å². The molecule has 0 saturated carbocycles. The van der Waals surface area contributed by atoms with E-state index in [-0.39, 0.29) is 24.0 Å². The minimum Gasteiger partial charge on any atom is -0.382 e. The van der Waals surface area contributed by atoms with Gasteiger partial charge in [-0.1, -0.05) is 6.07 Å². The Labute approximate surface area is 223 Å². The van der Waals surface area contributed by atoms with Gasteiger partial charge in [0.1, 0.15) is 11.7 Å². The van der Waals surface area contributed by atoms with E-state index in [2.05, 4.69) is 15.7 Å². The molecule has 4 N–H and O–H groups in total. The molecule has 2 aliphatic heterocycles. The monoisotopic (exact) mass is 542 g/mol. The van der Waals surface area contributed by atoms with Crippen molar-refractivity contribution in [3.05, 3.63) is 47.3 Å². The molecular formula is C25H30N6O8. The average molecular weight is 543 g/mol. The Morgan fingerprint density at radius 1 is 1.00 bits per heavy atom. The lowest BCUT2D eigenvalue weighted by Crippen LogP contribution is -2.54. The minimum absolute atomic E-state index is 0.0637. The molecule has 1 unspecified atom stereocenters. The Bertz CT molecular complexity index is 1240. The lowest BCUT2D eigenvalue weighted by atomic mass is 10.0. The SMILES string of the molecule is NC(=O)c1ccnn1CCOCCOCCOCCNc1cccc2c1C(=O)N(C1CCC(=O)NC1=O)C2=O. The summed E-state index contributed by atoms with van der Waals surface area (Å²) >= 11 is 0. The maximum Gasteiger partial charge on any atom is 0.266 e. The van der Waals surface area contributed by atoms with Gasteiger partial charge in [-0.2, -0.15) is 5.10 Å². The number of ether oxygens (including phenoxy) is 3. The van der Waals surface area contributed by atoms with Crippen molar-refractivity contribution in [1.29, 1.82) is 0 Å². The summed E-state index contributed by atoms with van der Waals surface area (Å²) < 4.78 is 18.0. The number of anilines is 1. The topological polar surface area (TPSA) is 184 Å². The number of fused-ring (bicyclic) bond motifs is 1. The Balaban J connectivity index is 1.11. The summed E-state index contributed by atoms with van der Waals surface area (Å²) in [5.74, 6) is -2.73. The Hall–Kier alpha value is -4.14. The number of hydrogen-bond donors (Lipinski definition) is 3. The number of amides is 5. The second-order valence-electron chi connectivity index (χ2n) is 8.74. The molecule has 0 aliphatic carbocycles. The van der Waals surface area contributed by atoms with Crippen molar-refractivity contribution in [2.24, 2.45) is 5.73 Å². The summed E-state index contributed by atoms with van der Waals surface area (Å²) in [6, 6.07) is 5.42. The van der Waals surface area contributed by atoms with Gasteiger partial charge in [0.05, 0.1) is 57.3 Å². The van der Waals surface area contributed by atoms with Gasteiger partial charge >= 0.3 is 0 Å². The number of carbonyl (C=O) groups excluding carboxylic acids is 5. The van der Waals surface area contributed by atoms with Gasteiger partial charge < -0.3 is 25.3 Å². The van der Waals surface area contributed by atoms with Crippen LogP contribution < -0.4 is 16.4 Å². The second-order valence-corrected chi connectivity index (χ2v) is 8.74. The van der Waals surface area contributed by atoms with E-state index in [4.69, 9.17) is 19.9 Å². The Morgan fingerprint density at radius 3 is 2.44 bits per heavy atom. The van der Waals surface area contributed by atoms with Gasteiger partial charge in [-0.15, -0.1) is 0 Å². The van der Waals surface area contributed by atoms with Gasteiger partial charge in [-0.05, 0) is 24.6 Å². The van der Waals surface area contributed by atoms with Crippen molar-refractivity contribution in [3.8, 4) is 0 Å². The fourth-order valence-corrected chi connectivity index (χ4v) is 4.33. The molecule has 4 rings (SSSR count). The summed E-state index contributed by atoms with van der Waals surface area (Å²) in [7, 11) is 0. The van der Waals surface area contributed by atoms with E-state index in [0.717, 1.165) is 4.90 Å². The zero-order valence-electron chi connectivity index (χ0n) is 21.2. The first-order valence-corrected chi connectivity index (χ1v) is 12.5. The van der Waals surface area contributed by atoms with Crippen LogP contribution in [-0.2, 0) is 30.3 Å². The minimum atomic E-state index is -1.01. The predicted octanol–water partition coefficient (Wildman–Crippen LogP) is -0.455. The standard InChI is InChI=1S/C25H30N6O8/c26-22(33)18-6-7-28-30(18)9-11-38-13-15-39-14-12-37-10-8-27-17-3-1-2-16-21(17)25(36)31(24(16)35)19-4-5-20(32)29-23(19)34/h1-3,6-7,19,27H,4-5,8-15H2,(H2,26,33)(H,29,32,34). The van der Waals surface area contributed by atoms with E-state index in [0.29, 0.717) is 64.1 Å². The summed E-state index contributed by atoms with van der Waals surface area (Å²) in [6.45, 7) is 2.93. The van der Waals surface area contributed by atoms with E-state index in [1.165, 1.54) is 10.9 Å². The molecule has 1 aromatic carbocycles. The fraction of sp³-hybridized carbons (Fsp3) is 0.440. The number of benzene rings is 1. The number of primary amides is 1. The van der Waals surface area contributed by atoms with Gasteiger partial charge in [0.2, 0.25) is 11.8 Å². The molecule has 3 heterocycles. The third kappa shape index (κ3) is 6.66. The number of rotatable bonds is 15. The number of nitrogens with one attached hydrogen (secondary N) is 2. The van der Waals surface area contributed by atoms with Crippen molar-refractivity contribution >= 4 is 35.2 Å². The summed E-state index contributed by atoms with van der Waals surface area (Å²) in [5, 5.41) is 9.31. The van der Waals surface area contributed by atoms with E-state index in [9.17, 15) is 24.0 Å². The summed E-state index contributed by atoms with van der Waals surface area (Å²) in [4.78, 5) is 61.8. The van der Waals surface area contributed by atoms with Crippen LogP contribution in [0.25, 0.3) is 0 Å². The number of nitrogens with two attached hydrogens (primary N) is 1. The van der Waals surface area contributed by atoms with Crippen molar-refractivity contribution in [3.63, 3.8) is 0 Å². The molecule has 5 amide bonds. The predicted molar refractivity (Wildman–Crippen MR) is 135 cm³/mol. The fourth-order valence-electron chi connectivity index (χ4n) is 4.33. The number of carbonyl (C=O) groups is 5. The molecule has 1 saturated heterocycles. The van der Waals surface area contributed by atoms with Crippen LogP contribution in [0.15, 0.2) is 30.5 Å². The van der Waals surface area contributed by atoms with Crippen LogP contribution in [0, 0.1) is 0 Å². The molecule has 2 aromatic rings. The lowest BCUT2D eigenvalue weighted by molar-refractivity contribution is -0.136. The highest BCUT2D eigenvalue weighted by molar-refractivity contribution is 6.25. The van der Waals surface area contributed by atoms with Gasteiger partial charge in [0, 0.05) is 24.8 Å². The van der Waals surface area contributed by atoms with E-state index in [1.54, 1.807) is 24.3 Å². The zero-order valence-corrected chi connectivity index (χ0v) is 21.2. The normalized spacial score (nSPS) is 16.9. The third-order valence-corrected chi connectivity index (χ3v) is 6.19. The molecule has 14 nitrogen and oxygen atoms in total. The Morgan fingerprint density at radius 2 is 1.72 bits per heavy atom. The zero-order chi connectivity index (χ0) is 27.8. The number of hydrogen-bond acceptors (Lipinski definition) is 10. The van der Waals surface area contributed by atoms with E-state index < -0.39 is 35.6 Å². The highest BCUT2D eigenvalue weighted by atomic mass is 16.5. The maximum absolute atomic E-state index is 13.1. The molecule has 1 atom stereocenters. The number of nitrogens with zero attached hydrogens (tertiary/aromatic N) is 3. The molecular weight excluding hydrogens is 512 g/mol. The summed E-state index contributed by atoms with van der Waals surface area (Å²) in [5.41, 5.74) is 6.47. The molecule has 2 aliphatic rings. The van der Waals surface area contributed by atoms with Crippen LogP contribution in [0.5, 0.6) is 0 Å². The van der Waals surface area contributed by atoms with Crippen molar-refractivity contribution in [1.82, 2.24) is 20.0 Å². The first-order chi connectivity index (χ1) is 18.9. The highest BCUT2D eigenvalue weighted by Gasteiger charge is 2.45. The largest absolute Gasteiger partial charge is 0.382 e. The van der Waals surface area contributed by atoms with E-state index in [1.807, 2.05) is 0 Å². The van der Waals surface area contributed by atoms with Gasteiger partial charge in [0.15, 0.2) is 0 Å². The van der Waals surface area contributed by atoms with Crippen LogP contribution in [0.1, 0.15) is 44.0 Å². The number of aromatic nitrogens is 2. The van der Waals surface area contributed by atoms with Gasteiger partial charge in [0.25, 0.3) is 17.7 Å². The molecule has 208 valence electrons. The Kier molecular flexibility index (Phi) is 9.35. The van der Waals surface area contributed by atoms with Crippen molar-refractivity contribution in [2.45, 2.75) is 25.4 Å².